The number of carbonyl (C=O) groups excluding carboxylic acids is 1. The summed E-state index contributed by atoms with van der Waals surface area (Å²) in [5.41, 5.74) is -0.531. The third-order valence-electron chi connectivity index (χ3n) is 7.27. The van der Waals surface area contributed by atoms with Gasteiger partial charge in [0.25, 0.3) is 5.56 Å². The zero-order valence-electron chi connectivity index (χ0n) is 16.3. The highest BCUT2D eigenvalue weighted by Crippen LogP contribution is 2.65. The first-order valence-electron chi connectivity index (χ1n) is 10.3. The predicted molar refractivity (Wildman–Crippen MR) is 102 cm³/mol. The highest BCUT2D eigenvalue weighted by Gasteiger charge is 2.64. The molecule has 28 heavy (non-hydrogen) atoms. The summed E-state index contributed by atoms with van der Waals surface area (Å²) < 4.78 is 2.51. The first kappa shape index (κ1) is 17.8. The third-order valence-corrected chi connectivity index (χ3v) is 7.27. The second-order valence-corrected chi connectivity index (χ2v) is 9.07. The van der Waals surface area contributed by atoms with Crippen molar-refractivity contribution in [2.75, 3.05) is 0 Å². The Morgan fingerprint density at radius 2 is 2.07 bits per heavy atom. The smallest absolute Gasteiger partial charge is 0.333 e. The van der Waals surface area contributed by atoms with E-state index in [-0.39, 0.29) is 29.8 Å². The quantitative estimate of drug-likeness (QED) is 0.794. The number of nitrogens with one attached hydrogen (secondary N) is 1. The van der Waals surface area contributed by atoms with Crippen molar-refractivity contribution < 1.29 is 9.90 Å². The topological polar surface area (TPSA) is 110 Å². The maximum absolute atomic E-state index is 13.0. The Hall–Kier alpha value is -2.22. The molecule has 150 valence electrons. The number of aromatic amines is 1. The van der Waals surface area contributed by atoms with E-state index in [0.29, 0.717) is 36.0 Å². The molecule has 8 heteroatoms. The number of aliphatic hydroxyl groups excluding tert-OH is 1. The molecule has 4 aliphatic rings. The Labute approximate surface area is 161 Å². The van der Waals surface area contributed by atoms with E-state index >= 15 is 0 Å². The van der Waals surface area contributed by atoms with E-state index < -0.39 is 11.2 Å². The van der Waals surface area contributed by atoms with Crippen LogP contribution in [0.4, 0.5) is 0 Å². The molecule has 0 amide bonds. The van der Waals surface area contributed by atoms with Crippen LogP contribution in [0.2, 0.25) is 0 Å². The largest absolute Gasteiger partial charge is 0.393 e. The maximum atomic E-state index is 13.0. The number of Topliss-reactive ketones (excluding diaryl/α,β-unsaturated/α-hetero) is 1. The van der Waals surface area contributed by atoms with E-state index in [1.54, 1.807) is 0 Å². The fourth-order valence-electron chi connectivity index (χ4n) is 6.34. The van der Waals surface area contributed by atoms with Crippen LogP contribution in [0.25, 0.3) is 11.2 Å². The van der Waals surface area contributed by atoms with Crippen LogP contribution in [0.3, 0.4) is 0 Å². The first-order valence-corrected chi connectivity index (χ1v) is 10.3. The molecular formula is C20H26N4O4. The van der Waals surface area contributed by atoms with Crippen LogP contribution in [0.15, 0.2) is 9.59 Å². The summed E-state index contributed by atoms with van der Waals surface area (Å²) in [7, 11) is 0. The van der Waals surface area contributed by atoms with Gasteiger partial charge in [0, 0.05) is 12.0 Å². The van der Waals surface area contributed by atoms with Crippen molar-refractivity contribution in [1.29, 1.82) is 0 Å². The molecular weight excluding hydrogens is 360 g/mol. The molecule has 2 aromatic rings. The van der Waals surface area contributed by atoms with Crippen molar-refractivity contribution in [1.82, 2.24) is 19.1 Å². The van der Waals surface area contributed by atoms with Gasteiger partial charge < -0.3 is 10.1 Å². The summed E-state index contributed by atoms with van der Waals surface area (Å²) in [5.74, 6) is 1.57. The molecule has 4 bridgehead atoms. The Kier molecular flexibility index (Phi) is 3.75. The van der Waals surface area contributed by atoms with Gasteiger partial charge in [0.05, 0.1) is 12.6 Å². The van der Waals surface area contributed by atoms with Gasteiger partial charge in [-0.3, -0.25) is 18.7 Å². The molecule has 0 aliphatic heterocycles. The zero-order chi connectivity index (χ0) is 19.8. The van der Waals surface area contributed by atoms with E-state index in [4.69, 9.17) is 4.98 Å². The van der Waals surface area contributed by atoms with Crippen molar-refractivity contribution in [3.63, 3.8) is 0 Å². The summed E-state index contributed by atoms with van der Waals surface area (Å²) in [6, 6.07) is 0. The van der Waals surface area contributed by atoms with Gasteiger partial charge in [-0.15, -0.1) is 0 Å². The zero-order valence-corrected chi connectivity index (χ0v) is 16.3. The number of carbonyl (C=O) groups is 1. The lowest BCUT2D eigenvalue weighted by molar-refractivity contribution is -0.117. The third kappa shape index (κ3) is 2.21. The van der Waals surface area contributed by atoms with Crippen LogP contribution in [0.5, 0.6) is 0 Å². The molecule has 5 atom stereocenters. The van der Waals surface area contributed by atoms with Crippen LogP contribution >= 0.6 is 0 Å². The Bertz CT molecular complexity index is 1100. The lowest BCUT2D eigenvalue weighted by atomic mass is 9.75. The lowest BCUT2D eigenvalue weighted by Gasteiger charge is -2.30. The van der Waals surface area contributed by atoms with E-state index in [1.807, 2.05) is 6.92 Å². The second kappa shape index (κ2) is 5.89. The minimum atomic E-state index is -0.490. The highest BCUT2D eigenvalue weighted by molar-refractivity contribution is 5.76. The van der Waals surface area contributed by atoms with E-state index in [1.165, 1.54) is 11.5 Å². The summed E-state index contributed by atoms with van der Waals surface area (Å²) in [6.45, 7) is 3.52. The van der Waals surface area contributed by atoms with Crippen LogP contribution in [-0.2, 0) is 23.3 Å². The minimum absolute atomic E-state index is 0.169. The van der Waals surface area contributed by atoms with E-state index in [2.05, 4.69) is 4.98 Å². The first-order chi connectivity index (χ1) is 13.4. The fourth-order valence-corrected chi connectivity index (χ4v) is 6.34. The molecule has 4 saturated carbocycles. The molecule has 2 aromatic heterocycles. The van der Waals surface area contributed by atoms with Gasteiger partial charge in [-0.1, -0.05) is 6.92 Å². The number of aliphatic hydroxyl groups is 1. The summed E-state index contributed by atoms with van der Waals surface area (Å²) in [6.07, 6.45) is 4.35. The summed E-state index contributed by atoms with van der Waals surface area (Å²) in [5, 5.41) is 10.7. The van der Waals surface area contributed by atoms with Gasteiger partial charge in [-0.05, 0) is 56.8 Å². The van der Waals surface area contributed by atoms with Crippen molar-refractivity contribution in [3.8, 4) is 0 Å². The molecule has 3 unspecified atom stereocenters. The number of aromatic nitrogens is 4. The normalized spacial score (nSPS) is 33.2. The van der Waals surface area contributed by atoms with Crippen molar-refractivity contribution >= 4 is 16.9 Å². The SMILES string of the molecule is CCCn1c(=O)n(CC(C)=O)c(=O)c2[nH]c(C34CC5C[C@H](C[C@@H]3C5O)C4)nc21. The van der Waals surface area contributed by atoms with Gasteiger partial charge in [0.15, 0.2) is 5.65 Å². The van der Waals surface area contributed by atoms with Crippen molar-refractivity contribution in [3.05, 3.63) is 26.7 Å². The number of aryl methyl sites for hydroxylation is 1. The lowest BCUT2D eigenvalue weighted by Crippen LogP contribution is -2.41. The van der Waals surface area contributed by atoms with Gasteiger partial charge in [-0.2, -0.15) is 0 Å². The number of ketones is 1. The van der Waals surface area contributed by atoms with Crippen molar-refractivity contribution in [2.24, 2.45) is 17.8 Å². The number of imidazole rings is 1. The number of nitrogens with zero attached hydrogens (tertiary/aromatic N) is 3. The fraction of sp³-hybridized carbons (Fsp3) is 0.700. The number of hydrogen-bond donors (Lipinski definition) is 2. The standard InChI is InChI=1S/C20H26N4O4/c1-3-4-23-16-14(17(27)24(19(23)28)9-10(2)25)21-18(22-16)20-7-11-5-12(8-20)15(26)13(20)6-11/h11-13,15,26H,3-9H2,1-2H3,(H,21,22)/t11-,12?,13-,15?,20?/m1/s1. The highest BCUT2D eigenvalue weighted by atomic mass is 16.3. The Morgan fingerprint density at radius 1 is 1.29 bits per heavy atom. The molecule has 2 N–H and O–H groups in total. The number of rotatable bonds is 5. The monoisotopic (exact) mass is 386 g/mol. The van der Waals surface area contributed by atoms with Crippen LogP contribution < -0.4 is 11.2 Å². The predicted octanol–water partition coefficient (Wildman–Crippen LogP) is 0.934. The molecule has 4 fully saturated rings. The molecule has 4 aliphatic carbocycles. The number of hydrogen-bond acceptors (Lipinski definition) is 5. The Balaban J connectivity index is 1.73. The minimum Gasteiger partial charge on any atom is -0.393 e. The molecule has 0 radical (unpaired) electrons. The molecule has 6 rings (SSSR count). The van der Waals surface area contributed by atoms with Gasteiger partial charge in [0.1, 0.15) is 17.1 Å². The molecule has 0 saturated heterocycles. The maximum Gasteiger partial charge on any atom is 0.333 e. The number of H-pyrrole nitrogens is 1. The van der Waals surface area contributed by atoms with E-state index in [0.717, 1.165) is 36.1 Å². The van der Waals surface area contributed by atoms with Gasteiger partial charge >= 0.3 is 5.69 Å². The number of fused-ring (bicyclic) bond motifs is 1. The second-order valence-electron chi connectivity index (χ2n) is 9.07. The van der Waals surface area contributed by atoms with Crippen LogP contribution in [0.1, 0.15) is 51.8 Å². The van der Waals surface area contributed by atoms with Gasteiger partial charge in [-0.25, -0.2) is 9.78 Å². The van der Waals surface area contributed by atoms with E-state index in [9.17, 15) is 19.5 Å². The summed E-state index contributed by atoms with van der Waals surface area (Å²) >= 11 is 0. The molecule has 8 nitrogen and oxygen atoms in total. The molecule has 0 spiro atoms. The molecule has 2 heterocycles. The van der Waals surface area contributed by atoms with Crippen LogP contribution in [0, 0.1) is 17.8 Å². The average molecular weight is 386 g/mol. The van der Waals surface area contributed by atoms with Crippen LogP contribution in [-0.4, -0.2) is 36.1 Å². The Morgan fingerprint density at radius 3 is 2.79 bits per heavy atom. The summed E-state index contributed by atoms with van der Waals surface area (Å²) in [4.78, 5) is 45.5. The average Bonchev–Trinajstić information content (AvgIpc) is 3.26. The van der Waals surface area contributed by atoms with Gasteiger partial charge in [0.2, 0.25) is 0 Å². The molecule has 0 aromatic carbocycles. The van der Waals surface area contributed by atoms with Crippen molar-refractivity contribution in [2.45, 2.75) is 70.6 Å².